The fraction of sp³-hybridized carbons (Fsp3) is 0.286. The van der Waals surface area contributed by atoms with Gasteiger partial charge in [-0.15, -0.1) is 0 Å². The van der Waals surface area contributed by atoms with Crippen LogP contribution >= 0.6 is 0 Å². The molecule has 1 atom stereocenters. The zero-order chi connectivity index (χ0) is 18.3. The first-order valence-electron chi connectivity index (χ1n) is 8.49. The van der Waals surface area contributed by atoms with E-state index in [1.54, 1.807) is 38.1 Å². The first kappa shape index (κ1) is 17.2. The van der Waals surface area contributed by atoms with E-state index in [1.165, 1.54) is 0 Å². The van der Waals surface area contributed by atoms with E-state index in [9.17, 15) is 14.4 Å². The summed E-state index contributed by atoms with van der Waals surface area (Å²) in [5.74, 6) is -0.636. The molecule has 0 radical (unpaired) electrons. The maximum Gasteiger partial charge on any atom is 0.198 e. The molecule has 2 N–H and O–H groups in total. The molecule has 0 aliphatic heterocycles. The van der Waals surface area contributed by atoms with E-state index in [2.05, 4.69) is 6.92 Å². The fourth-order valence-electron chi connectivity index (χ4n) is 3.39. The molecule has 0 amide bonds. The van der Waals surface area contributed by atoms with Gasteiger partial charge in [-0.05, 0) is 66.8 Å². The van der Waals surface area contributed by atoms with E-state index >= 15 is 0 Å². The molecule has 0 spiro atoms. The zero-order valence-electron chi connectivity index (χ0n) is 14.7. The second kappa shape index (κ2) is 6.37. The SMILES string of the molecule is CCCC(N)c1ccc2c(c1)C(=O)C(=C1C=C(C)C(=O)C(C)=C1)C2=O. The molecule has 0 bridgehead atoms. The van der Waals surface area contributed by atoms with Crippen LogP contribution in [0.25, 0.3) is 0 Å². The Morgan fingerprint density at radius 2 is 1.52 bits per heavy atom. The zero-order valence-corrected chi connectivity index (χ0v) is 14.7. The van der Waals surface area contributed by atoms with Crippen LogP contribution < -0.4 is 5.73 Å². The van der Waals surface area contributed by atoms with Gasteiger partial charge >= 0.3 is 0 Å². The Labute approximate surface area is 147 Å². The lowest BCUT2D eigenvalue weighted by Gasteiger charge is -2.11. The molecular weight excluding hydrogens is 314 g/mol. The highest BCUT2D eigenvalue weighted by molar-refractivity contribution is 6.40. The summed E-state index contributed by atoms with van der Waals surface area (Å²) in [6.07, 6.45) is 5.01. The topological polar surface area (TPSA) is 77.2 Å². The van der Waals surface area contributed by atoms with E-state index in [1.807, 2.05) is 6.07 Å². The lowest BCUT2D eigenvalue weighted by atomic mass is 9.91. The lowest BCUT2D eigenvalue weighted by molar-refractivity contribution is -0.112. The van der Waals surface area contributed by atoms with Gasteiger partial charge in [-0.25, -0.2) is 0 Å². The Morgan fingerprint density at radius 3 is 2.12 bits per heavy atom. The van der Waals surface area contributed by atoms with Crippen LogP contribution in [0.15, 0.2) is 52.6 Å². The molecule has 4 nitrogen and oxygen atoms in total. The molecule has 0 saturated heterocycles. The average Bonchev–Trinajstić information content (AvgIpc) is 2.83. The molecule has 25 heavy (non-hydrogen) atoms. The Balaban J connectivity index is 2.09. The summed E-state index contributed by atoms with van der Waals surface area (Å²) < 4.78 is 0. The van der Waals surface area contributed by atoms with Gasteiger partial charge in [0.1, 0.15) is 0 Å². The molecule has 0 heterocycles. The van der Waals surface area contributed by atoms with Gasteiger partial charge in [0.25, 0.3) is 0 Å². The molecule has 0 aromatic heterocycles. The summed E-state index contributed by atoms with van der Waals surface area (Å²) in [5, 5.41) is 0. The molecular formula is C21H21NO3. The van der Waals surface area contributed by atoms with Gasteiger partial charge in [0.05, 0.1) is 5.57 Å². The number of carbonyl (C=O) groups excluding carboxylic acids is 3. The molecule has 1 aromatic rings. The van der Waals surface area contributed by atoms with Gasteiger partial charge < -0.3 is 5.73 Å². The van der Waals surface area contributed by atoms with Crippen molar-refractivity contribution in [1.82, 2.24) is 0 Å². The summed E-state index contributed by atoms with van der Waals surface area (Å²) in [7, 11) is 0. The van der Waals surface area contributed by atoms with Gasteiger partial charge in [0.15, 0.2) is 17.3 Å². The number of carbonyl (C=O) groups is 3. The van der Waals surface area contributed by atoms with E-state index in [4.69, 9.17) is 5.73 Å². The lowest BCUT2D eigenvalue weighted by Crippen LogP contribution is -2.11. The smallest absolute Gasteiger partial charge is 0.198 e. The molecule has 2 aliphatic carbocycles. The summed E-state index contributed by atoms with van der Waals surface area (Å²) in [6.45, 7) is 5.44. The Hall–Kier alpha value is -2.59. The van der Waals surface area contributed by atoms with Gasteiger partial charge in [-0.3, -0.25) is 14.4 Å². The molecule has 1 unspecified atom stereocenters. The maximum absolute atomic E-state index is 12.9. The van der Waals surface area contributed by atoms with Crippen molar-refractivity contribution in [2.45, 2.75) is 39.7 Å². The van der Waals surface area contributed by atoms with Crippen LogP contribution in [0.4, 0.5) is 0 Å². The van der Waals surface area contributed by atoms with Crippen LogP contribution in [0.1, 0.15) is 65.9 Å². The number of hydrogen-bond donors (Lipinski definition) is 1. The van der Waals surface area contributed by atoms with Gasteiger partial charge in [-0.2, -0.15) is 0 Å². The van der Waals surface area contributed by atoms with Crippen LogP contribution in [0.5, 0.6) is 0 Å². The number of hydrogen-bond acceptors (Lipinski definition) is 4. The predicted octanol–water partition coefficient (Wildman–Crippen LogP) is 3.64. The van der Waals surface area contributed by atoms with Crippen LogP contribution in [0.3, 0.4) is 0 Å². The van der Waals surface area contributed by atoms with Crippen molar-refractivity contribution in [2.24, 2.45) is 5.73 Å². The number of nitrogens with two attached hydrogens (primary N) is 1. The molecule has 2 aliphatic rings. The molecule has 4 heteroatoms. The largest absolute Gasteiger partial charge is 0.324 e. The molecule has 128 valence electrons. The highest BCUT2D eigenvalue weighted by Gasteiger charge is 2.36. The van der Waals surface area contributed by atoms with Crippen molar-refractivity contribution in [3.8, 4) is 0 Å². The van der Waals surface area contributed by atoms with Crippen LogP contribution in [-0.2, 0) is 4.79 Å². The van der Waals surface area contributed by atoms with Crippen molar-refractivity contribution in [3.05, 3.63) is 69.3 Å². The maximum atomic E-state index is 12.9. The summed E-state index contributed by atoms with van der Waals surface area (Å²) in [4.78, 5) is 37.5. The number of rotatable bonds is 3. The van der Waals surface area contributed by atoms with Crippen LogP contribution in [0.2, 0.25) is 0 Å². The number of benzene rings is 1. The van der Waals surface area contributed by atoms with Crippen molar-refractivity contribution < 1.29 is 14.4 Å². The van der Waals surface area contributed by atoms with Crippen molar-refractivity contribution in [1.29, 1.82) is 0 Å². The van der Waals surface area contributed by atoms with Crippen molar-refractivity contribution in [2.75, 3.05) is 0 Å². The van der Waals surface area contributed by atoms with Crippen LogP contribution in [0, 0.1) is 0 Å². The second-order valence-corrected chi connectivity index (χ2v) is 6.67. The molecule has 0 fully saturated rings. The quantitative estimate of drug-likeness (QED) is 0.676. The number of allylic oxidation sites excluding steroid dienone is 6. The summed E-state index contributed by atoms with van der Waals surface area (Å²) in [6, 6.07) is 5.11. The third kappa shape index (κ3) is 2.83. The van der Waals surface area contributed by atoms with Crippen molar-refractivity contribution >= 4 is 17.3 Å². The fourth-order valence-corrected chi connectivity index (χ4v) is 3.39. The monoisotopic (exact) mass is 335 g/mol. The van der Waals surface area contributed by atoms with E-state index in [0.29, 0.717) is 27.8 Å². The van der Waals surface area contributed by atoms with Gasteiger partial charge in [0, 0.05) is 17.2 Å². The number of Topliss-reactive ketones (excluding diaryl/α,β-unsaturated/α-hetero) is 3. The van der Waals surface area contributed by atoms with Gasteiger partial charge in [0.2, 0.25) is 0 Å². The average molecular weight is 335 g/mol. The predicted molar refractivity (Wildman–Crippen MR) is 96.5 cm³/mol. The van der Waals surface area contributed by atoms with Crippen LogP contribution in [-0.4, -0.2) is 17.3 Å². The first-order valence-corrected chi connectivity index (χ1v) is 8.49. The minimum atomic E-state index is -0.289. The van der Waals surface area contributed by atoms with E-state index in [0.717, 1.165) is 18.4 Å². The second-order valence-electron chi connectivity index (χ2n) is 6.67. The summed E-state index contributed by atoms with van der Waals surface area (Å²) >= 11 is 0. The third-order valence-corrected chi connectivity index (χ3v) is 4.76. The first-order chi connectivity index (χ1) is 11.8. The standard InChI is InChI=1S/C21H21NO3/c1-4-5-17(22)13-6-7-15-16(10-13)21(25)18(20(15)24)14-8-11(2)19(23)12(3)9-14/h6-10,17H,4-5,22H2,1-3H3. The van der Waals surface area contributed by atoms with E-state index in [-0.39, 0.29) is 29.0 Å². The number of fused-ring (bicyclic) bond motifs is 1. The van der Waals surface area contributed by atoms with E-state index < -0.39 is 0 Å². The normalized spacial score (nSPS) is 18.3. The minimum Gasteiger partial charge on any atom is -0.324 e. The van der Waals surface area contributed by atoms with Crippen molar-refractivity contribution in [3.63, 3.8) is 0 Å². The highest BCUT2D eigenvalue weighted by atomic mass is 16.2. The van der Waals surface area contributed by atoms with Gasteiger partial charge in [-0.1, -0.05) is 19.4 Å². The molecule has 0 saturated carbocycles. The Bertz CT molecular complexity index is 876. The molecule has 3 rings (SSSR count). The highest BCUT2D eigenvalue weighted by Crippen LogP contribution is 2.33. The number of ketones is 3. The summed E-state index contributed by atoms with van der Waals surface area (Å²) in [5.41, 5.74) is 9.55. The third-order valence-electron chi connectivity index (χ3n) is 4.76. The minimum absolute atomic E-state index is 0.0624. The molecule has 1 aromatic carbocycles. The Morgan fingerprint density at radius 1 is 0.920 bits per heavy atom. The Kier molecular flexibility index (Phi) is 4.39.